The summed E-state index contributed by atoms with van der Waals surface area (Å²) in [7, 11) is -4.08. The van der Waals surface area contributed by atoms with Crippen molar-refractivity contribution in [2.24, 2.45) is 5.14 Å². The highest BCUT2D eigenvalue weighted by Crippen LogP contribution is 2.24. The summed E-state index contributed by atoms with van der Waals surface area (Å²) in [6.07, 6.45) is 2.86. The second kappa shape index (κ2) is 7.39. The molecule has 0 aliphatic heterocycles. The van der Waals surface area contributed by atoms with Gasteiger partial charge in [-0.25, -0.2) is 18.2 Å². The van der Waals surface area contributed by atoms with Crippen molar-refractivity contribution in [1.82, 2.24) is 9.78 Å². The molecule has 2 aromatic carbocycles. The lowest BCUT2D eigenvalue weighted by Crippen LogP contribution is -2.18. The van der Waals surface area contributed by atoms with Crippen molar-refractivity contribution in [2.75, 3.05) is 5.32 Å². The van der Waals surface area contributed by atoms with Crippen molar-refractivity contribution in [2.45, 2.75) is 11.3 Å². The molecule has 0 unspecified atom stereocenters. The van der Waals surface area contributed by atoms with E-state index in [-0.39, 0.29) is 34.3 Å². The number of amides is 1. The van der Waals surface area contributed by atoms with E-state index in [1.807, 2.05) is 0 Å². The van der Waals surface area contributed by atoms with Crippen LogP contribution in [0.2, 0.25) is 5.02 Å². The van der Waals surface area contributed by atoms with E-state index in [2.05, 4.69) is 10.4 Å². The number of sulfonamides is 1. The average molecular weight is 407 g/mol. The fraction of sp³-hybridized carbons (Fsp3) is 0.0588. The number of phenols is 1. The SMILES string of the molecule is NS(=O)(=O)c1cc(NC(=O)Cc2ccc(O)cc2)ccc1-n1cc(Cl)cn1. The summed E-state index contributed by atoms with van der Waals surface area (Å²) in [4.78, 5) is 12.0. The van der Waals surface area contributed by atoms with Gasteiger partial charge in [0.15, 0.2) is 0 Å². The number of halogens is 1. The molecule has 3 rings (SSSR count). The first kappa shape index (κ1) is 18.9. The third-order valence-corrected chi connectivity index (χ3v) is 4.78. The Morgan fingerprint density at radius 1 is 1.22 bits per heavy atom. The number of primary sulfonamides is 1. The van der Waals surface area contributed by atoms with E-state index in [0.29, 0.717) is 10.6 Å². The number of nitrogens with two attached hydrogens (primary N) is 1. The van der Waals surface area contributed by atoms with Crippen molar-refractivity contribution in [3.05, 3.63) is 65.4 Å². The third kappa shape index (κ3) is 4.64. The second-order valence-electron chi connectivity index (χ2n) is 5.72. The molecule has 4 N–H and O–H groups in total. The number of nitrogens with one attached hydrogen (secondary N) is 1. The molecule has 0 aliphatic carbocycles. The summed E-state index contributed by atoms with van der Waals surface area (Å²) in [6.45, 7) is 0. The second-order valence-corrected chi connectivity index (χ2v) is 7.69. The number of hydrogen-bond acceptors (Lipinski definition) is 5. The van der Waals surface area contributed by atoms with Crippen LogP contribution >= 0.6 is 11.6 Å². The third-order valence-electron chi connectivity index (χ3n) is 3.65. The van der Waals surface area contributed by atoms with Crippen LogP contribution in [-0.2, 0) is 21.2 Å². The number of anilines is 1. The topological polar surface area (TPSA) is 127 Å². The van der Waals surface area contributed by atoms with Crippen LogP contribution in [0.15, 0.2) is 59.8 Å². The maximum absolute atomic E-state index is 12.2. The van der Waals surface area contributed by atoms with Crippen molar-refractivity contribution < 1.29 is 18.3 Å². The van der Waals surface area contributed by atoms with Gasteiger partial charge in [-0.3, -0.25) is 4.79 Å². The Kier molecular flexibility index (Phi) is 5.17. The molecular weight excluding hydrogens is 392 g/mol. The maximum atomic E-state index is 12.2. The van der Waals surface area contributed by atoms with Crippen LogP contribution in [0.3, 0.4) is 0 Å². The predicted molar refractivity (Wildman–Crippen MR) is 100 cm³/mol. The van der Waals surface area contributed by atoms with Crippen LogP contribution in [0.1, 0.15) is 5.56 Å². The zero-order chi connectivity index (χ0) is 19.6. The van der Waals surface area contributed by atoms with Crippen molar-refractivity contribution in [1.29, 1.82) is 0 Å². The smallest absolute Gasteiger partial charge is 0.240 e. The molecule has 0 aliphatic rings. The van der Waals surface area contributed by atoms with Gasteiger partial charge in [0.05, 0.1) is 23.3 Å². The fourth-order valence-electron chi connectivity index (χ4n) is 2.45. The van der Waals surface area contributed by atoms with E-state index in [0.717, 1.165) is 0 Å². The summed E-state index contributed by atoms with van der Waals surface area (Å²) >= 11 is 5.83. The summed E-state index contributed by atoms with van der Waals surface area (Å²) in [5.74, 6) is -0.248. The average Bonchev–Trinajstić information content (AvgIpc) is 3.02. The van der Waals surface area contributed by atoms with Crippen molar-refractivity contribution >= 4 is 33.2 Å². The Bertz CT molecular complexity index is 1090. The molecule has 0 spiro atoms. The minimum atomic E-state index is -4.08. The predicted octanol–water partition coefficient (Wildman–Crippen LogP) is 2.06. The van der Waals surface area contributed by atoms with E-state index in [4.69, 9.17) is 16.7 Å². The Balaban J connectivity index is 1.86. The number of carbonyl (C=O) groups is 1. The Morgan fingerprint density at radius 2 is 1.93 bits per heavy atom. The van der Waals surface area contributed by atoms with Crippen LogP contribution in [0.5, 0.6) is 5.75 Å². The van der Waals surface area contributed by atoms with Gasteiger partial charge in [-0.15, -0.1) is 0 Å². The highest BCUT2D eigenvalue weighted by atomic mass is 35.5. The van der Waals surface area contributed by atoms with E-state index in [9.17, 15) is 18.3 Å². The minimum Gasteiger partial charge on any atom is -0.508 e. The van der Waals surface area contributed by atoms with Crippen molar-refractivity contribution in [3.8, 4) is 11.4 Å². The van der Waals surface area contributed by atoms with E-state index < -0.39 is 10.0 Å². The number of nitrogens with zero attached hydrogens (tertiary/aromatic N) is 2. The molecule has 0 bridgehead atoms. The molecule has 10 heteroatoms. The number of aromatic nitrogens is 2. The minimum absolute atomic E-state index is 0.0570. The standard InChI is InChI=1S/C17H15ClN4O4S/c18-12-9-20-22(10-12)15-6-3-13(8-16(15)27(19,25)26)21-17(24)7-11-1-4-14(23)5-2-11/h1-6,8-10,23H,7H2,(H,21,24)(H2,19,25,26). The van der Waals surface area contributed by atoms with Gasteiger partial charge in [0.1, 0.15) is 10.6 Å². The van der Waals surface area contributed by atoms with Gasteiger partial charge in [-0.05, 0) is 35.9 Å². The molecule has 0 saturated heterocycles. The highest BCUT2D eigenvalue weighted by molar-refractivity contribution is 7.89. The number of aromatic hydroxyl groups is 1. The van der Waals surface area contributed by atoms with Crippen LogP contribution in [0.25, 0.3) is 5.69 Å². The summed E-state index contributed by atoms with van der Waals surface area (Å²) in [6, 6.07) is 10.5. The lowest BCUT2D eigenvalue weighted by atomic mass is 10.1. The van der Waals surface area contributed by atoms with Crippen LogP contribution in [0, 0.1) is 0 Å². The zero-order valence-electron chi connectivity index (χ0n) is 13.8. The lowest BCUT2D eigenvalue weighted by Gasteiger charge is -2.11. The molecule has 0 fully saturated rings. The van der Waals surface area contributed by atoms with Crippen molar-refractivity contribution in [3.63, 3.8) is 0 Å². The largest absolute Gasteiger partial charge is 0.508 e. The van der Waals surface area contributed by atoms with Gasteiger partial charge in [0.25, 0.3) is 0 Å². The fourth-order valence-corrected chi connectivity index (χ4v) is 3.33. The molecule has 140 valence electrons. The maximum Gasteiger partial charge on any atom is 0.240 e. The Hall–Kier alpha value is -2.88. The number of rotatable bonds is 5. The molecule has 0 atom stereocenters. The number of phenolic OH excluding ortho intramolecular Hbond substituents is 1. The number of carbonyl (C=O) groups excluding carboxylic acids is 1. The first-order chi connectivity index (χ1) is 12.7. The molecule has 8 nitrogen and oxygen atoms in total. The first-order valence-corrected chi connectivity index (χ1v) is 9.60. The van der Waals surface area contributed by atoms with Gasteiger partial charge in [-0.2, -0.15) is 5.10 Å². The van der Waals surface area contributed by atoms with Gasteiger partial charge in [0.2, 0.25) is 15.9 Å². The van der Waals surface area contributed by atoms with Gasteiger partial charge in [-0.1, -0.05) is 23.7 Å². The molecule has 27 heavy (non-hydrogen) atoms. The molecule has 3 aromatic rings. The van der Waals surface area contributed by atoms with Crippen LogP contribution < -0.4 is 10.5 Å². The highest BCUT2D eigenvalue weighted by Gasteiger charge is 2.18. The van der Waals surface area contributed by atoms with E-state index >= 15 is 0 Å². The summed E-state index contributed by atoms with van der Waals surface area (Å²) in [5, 5.41) is 21.5. The molecular formula is C17H15ClN4O4S. The number of benzene rings is 2. The van der Waals surface area contributed by atoms with Gasteiger partial charge < -0.3 is 10.4 Å². The number of hydrogen-bond donors (Lipinski definition) is 3. The normalized spacial score (nSPS) is 11.3. The van der Waals surface area contributed by atoms with E-state index in [1.54, 1.807) is 12.1 Å². The van der Waals surface area contributed by atoms with Gasteiger partial charge in [0, 0.05) is 11.9 Å². The molecule has 1 amide bonds. The zero-order valence-corrected chi connectivity index (χ0v) is 15.4. The van der Waals surface area contributed by atoms with E-state index in [1.165, 1.54) is 47.4 Å². The summed E-state index contributed by atoms with van der Waals surface area (Å²) < 4.78 is 25.2. The lowest BCUT2D eigenvalue weighted by molar-refractivity contribution is -0.115. The molecule has 1 aromatic heterocycles. The Morgan fingerprint density at radius 3 is 2.52 bits per heavy atom. The molecule has 0 radical (unpaired) electrons. The van der Waals surface area contributed by atoms with Crippen LogP contribution in [-0.4, -0.2) is 29.2 Å². The molecule has 1 heterocycles. The summed E-state index contributed by atoms with van der Waals surface area (Å²) in [5.41, 5.74) is 1.17. The van der Waals surface area contributed by atoms with Gasteiger partial charge >= 0.3 is 0 Å². The Labute approximate surface area is 160 Å². The van der Waals surface area contributed by atoms with Crippen LogP contribution in [0.4, 0.5) is 5.69 Å². The molecule has 0 saturated carbocycles. The first-order valence-electron chi connectivity index (χ1n) is 7.67. The quantitative estimate of drug-likeness (QED) is 0.597. The monoisotopic (exact) mass is 406 g/mol.